The number of hydrazine groups is 1. The van der Waals surface area contributed by atoms with E-state index in [2.05, 4.69) is 25.9 Å². The van der Waals surface area contributed by atoms with Gasteiger partial charge in [0.1, 0.15) is 0 Å². The first-order chi connectivity index (χ1) is 7.43. The molecule has 3 heterocycles. The van der Waals surface area contributed by atoms with Crippen LogP contribution >= 0.6 is 0 Å². The van der Waals surface area contributed by atoms with Crippen molar-refractivity contribution in [2.24, 2.45) is 15.4 Å². The zero-order chi connectivity index (χ0) is 10.1. The quantitative estimate of drug-likeness (QED) is 0.639. The largest absolute Gasteiger partial charge is 0.355 e. The van der Waals surface area contributed by atoms with E-state index in [1.54, 1.807) is 5.12 Å². The Morgan fingerprint density at radius 3 is 3.00 bits per heavy atom. The van der Waals surface area contributed by atoms with Crippen LogP contribution in [-0.4, -0.2) is 35.1 Å². The van der Waals surface area contributed by atoms with Crippen molar-refractivity contribution in [3.63, 3.8) is 0 Å². The van der Waals surface area contributed by atoms with Crippen LogP contribution in [0.25, 0.3) is 0 Å². The van der Waals surface area contributed by atoms with Gasteiger partial charge < -0.3 is 4.90 Å². The highest BCUT2D eigenvalue weighted by Crippen LogP contribution is 2.16. The molecule has 1 saturated heterocycles. The molecule has 6 heteroatoms. The smallest absolute Gasteiger partial charge is 0.201 e. The number of hydrogen-bond acceptors (Lipinski definition) is 6. The Hall–Kier alpha value is -1.59. The van der Waals surface area contributed by atoms with Gasteiger partial charge in [0.05, 0.1) is 0 Å². The topological polar surface area (TPSA) is 55.6 Å². The molecule has 0 aliphatic carbocycles. The monoisotopic (exact) mass is 206 g/mol. The summed E-state index contributed by atoms with van der Waals surface area (Å²) in [5.41, 5.74) is 2.75. The van der Waals surface area contributed by atoms with Crippen molar-refractivity contribution < 1.29 is 0 Å². The number of hydrogen-bond donors (Lipinski definition) is 1. The van der Waals surface area contributed by atoms with Crippen LogP contribution in [0, 0.1) is 0 Å². The van der Waals surface area contributed by atoms with E-state index >= 15 is 0 Å². The van der Waals surface area contributed by atoms with Gasteiger partial charge in [-0.15, -0.1) is 10.2 Å². The Bertz CT molecular complexity index is 327. The summed E-state index contributed by atoms with van der Waals surface area (Å²) < 4.78 is 0. The molecule has 15 heavy (non-hydrogen) atoms. The maximum absolute atomic E-state index is 4.46. The third-order valence-corrected chi connectivity index (χ3v) is 2.88. The van der Waals surface area contributed by atoms with Gasteiger partial charge in [-0.2, -0.15) is 10.7 Å². The summed E-state index contributed by atoms with van der Waals surface area (Å²) in [5.74, 6) is 1.02. The highest BCUT2D eigenvalue weighted by molar-refractivity contribution is 5.93. The van der Waals surface area contributed by atoms with Gasteiger partial charge in [-0.1, -0.05) is 5.22 Å². The maximum atomic E-state index is 4.46. The molecule has 0 radical (unpaired) electrons. The average Bonchev–Trinajstić information content (AvgIpc) is 2.77. The van der Waals surface area contributed by atoms with Gasteiger partial charge in [-0.05, 0) is 31.4 Å². The van der Waals surface area contributed by atoms with Crippen molar-refractivity contribution in [3.8, 4) is 0 Å². The SMILES string of the molecule is C1=C[C@H]2N=NNN2N=C1N1CCCCC1. The summed E-state index contributed by atoms with van der Waals surface area (Å²) in [6.07, 6.45) is 7.86. The first-order valence-electron chi connectivity index (χ1n) is 5.40. The van der Waals surface area contributed by atoms with Gasteiger partial charge in [-0.25, -0.2) is 0 Å². The van der Waals surface area contributed by atoms with Gasteiger partial charge in [0.25, 0.3) is 0 Å². The average molecular weight is 206 g/mol. The molecule has 0 saturated carbocycles. The van der Waals surface area contributed by atoms with Crippen molar-refractivity contribution in [2.45, 2.75) is 25.4 Å². The van der Waals surface area contributed by atoms with Crippen LogP contribution in [-0.2, 0) is 0 Å². The molecule has 3 aliphatic heterocycles. The van der Waals surface area contributed by atoms with Gasteiger partial charge in [0.15, 0.2) is 5.84 Å². The summed E-state index contributed by atoms with van der Waals surface area (Å²) in [4.78, 5) is 2.32. The van der Waals surface area contributed by atoms with Crippen LogP contribution in [0.2, 0.25) is 0 Å². The van der Waals surface area contributed by atoms with Crippen LogP contribution < -0.4 is 5.53 Å². The van der Waals surface area contributed by atoms with E-state index in [1.165, 1.54) is 19.3 Å². The van der Waals surface area contributed by atoms with Crippen molar-refractivity contribution in [1.29, 1.82) is 0 Å². The molecule has 0 amide bonds. The number of amidine groups is 1. The van der Waals surface area contributed by atoms with Gasteiger partial charge in [0.2, 0.25) is 6.17 Å². The van der Waals surface area contributed by atoms with Crippen LogP contribution in [0.5, 0.6) is 0 Å². The van der Waals surface area contributed by atoms with E-state index in [0.717, 1.165) is 18.9 Å². The van der Waals surface area contributed by atoms with E-state index in [0.29, 0.717) is 0 Å². The molecule has 3 aliphatic rings. The predicted molar refractivity (Wildman–Crippen MR) is 55.6 cm³/mol. The van der Waals surface area contributed by atoms with Crippen LogP contribution in [0.1, 0.15) is 19.3 Å². The number of likely N-dealkylation sites (tertiary alicyclic amines) is 1. The summed E-state index contributed by atoms with van der Waals surface area (Å²) in [6.45, 7) is 2.21. The number of hydrazone groups is 1. The van der Waals surface area contributed by atoms with E-state index < -0.39 is 0 Å². The molecule has 1 N–H and O–H groups in total. The van der Waals surface area contributed by atoms with Gasteiger partial charge in [-0.3, -0.25) is 0 Å². The highest BCUT2D eigenvalue weighted by atomic mass is 15.9. The van der Waals surface area contributed by atoms with Crippen LogP contribution in [0.4, 0.5) is 0 Å². The normalized spacial score (nSPS) is 28.8. The first kappa shape index (κ1) is 8.70. The molecular weight excluding hydrogens is 192 g/mol. The molecular formula is C9H14N6. The molecule has 0 aromatic rings. The Morgan fingerprint density at radius 2 is 2.13 bits per heavy atom. The predicted octanol–water partition coefficient (Wildman–Crippen LogP) is 0.869. The minimum Gasteiger partial charge on any atom is -0.355 e. The highest BCUT2D eigenvalue weighted by Gasteiger charge is 2.24. The number of nitrogens with zero attached hydrogens (tertiary/aromatic N) is 5. The van der Waals surface area contributed by atoms with Crippen LogP contribution in [0.3, 0.4) is 0 Å². The summed E-state index contributed by atoms with van der Waals surface area (Å²) >= 11 is 0. The fourth-order valence-electron chi connectivity index (χ4n) is 2.05. The molecule has 0 aromatic carbocycles. The molecule has 0 aromatic heterocycles. The molecule has 0 bridgehead atoms. The Balaban J connectivity index is 1.74. The second-order valence-corrected chi connectivity index (χ2v) is 3.94. The van der Waals surface area contributed by atoms with E-state index in [4.69, 9.17) is 0 Å². The number of fused-ring (bicyclic) bond motifs is 1. The molecule has 6 nitrogen and oxygen atoms in total. The molecule has 80 valence electrons. The molecule has 3 rings (SSSR count). The van der Waals surface area contributed by atoms with E-state index in [-0.39, 0.29) is 6.17 Å². The van der Waals surface area contributed by atoms with Crippen LogP contribution in [0.15, 0.2) is 27.6 Å². The second-order valence-electron chi connectivity index (χ2n) is 3.94. The maximum Gasteiger partial charge on any atom is 0.201 e. The van der Waals surface area contributed by atoms with Crippen molar-refractivity contribution in [1.82, 2.24) is 15.6 Å². The lowest BCUT2D eigenvalue weighted by atomic mass is 10.1. The zero-order valence-electron chi connectivity index (χ0n) is 8.50. The Morgan fingerprint density at radius 1 is 1.27 bits per heavy atom. The fraction of sp³-hybridized carbons (Fsp3) is 0.667. The van der Waals surface area contributed by atoms with Crippen molar-refractivity contribution in [3.05, 3.63) is 12.2 Å². The third kappa shape index (κ3) is 1.55. The standard InChI is InChI=1S/C9H14N6/c1-2-6-14(7-3-1)9-5-4-8-10-12-13-15(8)11-9/h4-5,8H,1-3,6-7H2,(H,10,13)/t8-/m0/s1. The van der Waals surface area contributed by atoms with E-state index in [9.17, 15) is 0 Å². The van der Waals surface area contributed by atoms with Gasteiger partial charge in [0, 0.05) is 13.1 Å². The number of rotatable bonds is 0. The Labute approximate surface area is 88.3 Å². The molecule has 1 atom stereocenters. The minimum atomic E-state index is -0.0569. The first-order valence-corrected chi connectivity index (χ1v) is 5.40. The second kappa shape index (κ2) is 3.52. The summed E-state index contributed by atoms with van der Waals surface area (Å²) in [5, 5.41) is 13.8. The fourth-order valence-corrected chi connectivity index (χ4v) is 2.05. The summed E-state index contributed by atoms with van der Waals surface area (Å²) in [7, 11) is 0. The minimum absolute atomic E-state index is 0.0569. The molecule has 0 unspecified atom stereocenters. The molecule has 1 fully saturated rings. The lowest BCUT2D eigenvalue weighted by Crippen LogP contribution is -2.41. The zero-order valence-corrected chi connectivity index (χ0v) is 8.50. The number of piperidine rings is 1. The molecule has 0 spiro atoms. The van der Waals surface area contributed by atoms with Crippen molar-refractivity contribution >= 4 is 5.84 Å². The lowest BCUT2D eigenvalue weighted by molar-refractivity contribution is 0.198. The number of nitrogens with one attached hydrogen (secondary N) is 1. The van der Waals surface area contributed by atoms with Crippen molar-refractivity contribution in [2.75, 3.05) is 13.1 Å². The lowest BCUT2D eigenvalue weighted by Gasteiger charge is -2.31. The van der Waals surface area contributed by atoms with E-state index in [1.807, 2.05) is 12.2 Å². The van der Waals surface area contributed by atoms with Gasteiger partial charge >= 0.3 is 0 Å². The third-order valence-electron chi connectivity index (χ3n) is 2.88. The Kier molecular flexibility index (Phi) is 2.04. The summed E-state index contributed by atoms with van der Waals surface area (Å²) in [6, 6.07) is 0.